The molecule has 0 atom stereocenters. The SMILES string of the molecule is Cc1ccc(CSc2nnc(NC(=O)COc3ccc([N+](=O)[O-])cc3)s2)cc1. The minimum Gasteiger partial charge on any atom is -0.484 e. The van der Waals surface area contributed by atoms with Crippen LogP contribution in [0.25, 0.3) is 0 Å². The highest BCUT2D eigenvalue weighted by Crippen LogP contribution is 2.28. The number of aromatic nitrogens is 2. The van der Waals surface area contributed by atoms with Gasteiger partial charge in [0.1, 0.15) is 5.75 Å². The molecule has 28 heavy (non-hydrogen) atoms. The third-order valence-corrected chi connectivity index (χ3v) is 5.60. The van der Waals surface area contributed by atoms with Crippen LogP contribution in [-0.2, 0) is 10.5 Å². The lowest BCUT2D eigenvalue weighted by atomic mass is 10.2. The average molecular weight is 416 g/mol. The van der Waals surface area contributed by atoms with E-state index in [0.29, 0.717) is 10.9 Å². The van der Waals surface area contributed by atoms with Crippen molar-refractivity contribution in [2.24, 2.45) is 0 Å². The van der Waals surface area contributed by atoms with Crippen LogP contribution < -0.4 is 10.1 Å². The van der Waals surface area contributed by atoms with E-state index >= 15 is 0 Å². The van der Waals surface area contributed by atoms with Crippen molar-refractivity contribution >= 4 is 39.8 Å². The standard InChI is InChI=1S/C18H16N4O4S2/c1-12-2-4-13(5-3-12)11-27-18-21-20-17(28-18)19-16(23)10-26-15-8-6-14(7-9-15)22(24)25/h2-9H,10-11H2,1H3,(H,19,20,23). The molecule has 3 aromatic rings. The van der Waals surface area contributed by atoms with E-state index in [0.717, 1.165) is 10.1 Å². The van der Waals surface area contributed by atoms with Gasteiger partial charge in [0.2, 0.25) is 5.13 Å². The summed E-state index contributed by atoms with van der Waals surface area (Å²) in [5.74, 6) is 0.753. The van der Waals surface area contributed by atoms with Crippen LogP contribution in [0.3, 0.4) is 0 Å². The maximum Gasteiger partial charge on any atom is 0.269 e. The molecule has 10 heteroatoms. The Kier molecular flexibility index (Phi) is 6.56. The van der Waals surface area contributed by atoms with E-state index in [-0.39, 0.29) is 18.2 Å². The molecule has 1 heterocycles. The highest BCUT2D eigenvalue weighted by Gasteiger charge is 2.10. The molecule has 2 aromatic carbocycles. The van der Waals surface area contributed by atoms with Gasteiger partial charge in [-0.25, -0.2) is 0 Å². The van der Waals surface area contributed by atoms with Gasteiger partial charge >= 0.3 is 0 Å². The van der Waals surface area contributed by atoms with Gasteiger partial charge in [-0.15, -0.1) is 10.2 Å². The number of aryl methyl sites for hydroxylation is 1. The fourth-order valence-electron chi connectivity index (χ4n) is 2.12. The molecule has 1 N–H and O–H groups in total. The molecule has 0 spiro atoms. The van der Waals surface area contributed by atoms with Crippen LogP contribution in [0.4, 0.5) is 10.8 Å². The molecular weight excluding hydrogens is 400 g/mol. The molecule has 0 bridgehead atoms. The molecule has 1 aromatic heterocycles. The number of ether oxygens (including phenoxy) is 1. The Hall–Kier alpha value is -2.98. The van der Waals surface area contributed by atoms with Crippen molar-refractivity contribution in [1.29, 1.82) is 0 Å². The summed E-state index contributed by atoms with van der Waals surface area (Å²) in [6, 6.07) is 13.8. The number of amides is 1. The second kappa shape index (κ2) is 9.29. The van der Waals surface area contributed by atoms with Crippen molar-refractivity contribution < 1.29 is 14.5 Å². The summed E-state index contributed by atoms with van der Waals surface area (Å²) in [6.07, 6.45) is 0. The highest BCUT2D eigenvalue weighted by atomic mass is 32.2. The lowest BCUT2D eigenvalue weighted by Crippen LogP contribution is -2.20. The number of benzene rings is 2. The zero-order valence-corrected chi connectivity index (χ0v) is 16.5. The van der Waals surface area contributed by atoms with E-state index in [2.05, 4.69) is 39.8 Å². The first-order chi connectivity index (χ1) is 13.5. The lowest BCUT2D eigenvalue weighted by Gasteiger charge is -2.05. The first-order valence-corrected chi connectivity index (χ1v) is 9.99. The zero-order valence-electron chi connectivity index (χ0n) is 14.8. The molecule has 0 fully saturated rings. The summed E-state index contributed by atoms with van der Waals surface area (Å²) >= 11 is 2.84. The topological polar surface area (TPSA) is 107 Å². The molecule has 0 unspecified atom stereocenters. The van der Waals surface area contributed by atoms with Crippen molar-refractivity contribution in [3.8, 4) is 5.75 Å². The maximum absolute atomic E-state index is 12.0. The van der Waals surface area contributed by atoms with Crippen LogP contribution in [-0.4, -0.2) is 27.6 Å². The van der Waals surface area contributed by atoms with Crippen LogP contribution in [0.5, 0.6) is 5.75 Å². The lowest BCUT2D eigenvalue weighted by molar-refractivity contribution is -0.384. The monoisotopic (exact) mass is 416 g/mol. The highest BCUT2D eigenvalue weighted by molar-refractivity contribution is 8.00. The van der Waals surface area contributed by atoms with Gasteiger partial charge in [0.05, 0.1) is 4.92 Å². The summed E-state index contributed by atoms with van der Waals surface area (Å²) in [5.41, 5.74) is 2.36. The Morgan fingerprint density at radius 3 is 2.57 bits per heavy atom. The van der Waals surface area contributed by atoms with Gasteiger partial charge in [-0.05, 0) is 24.6 Å². The maximum atomic E-state index is 12.0. The van der Waals surface area contributed by atoms with Crippen molar-refractivity contribution in [2.75, 3.05) is 11.9 Å². The Morgan fingerprint density at radius 1 is 1.18 bits per heavy atom. The molecule has 0 saturated heterocycles. The number of thioether (sulfide) groups is 1. The first-order valence-electron chi connectivity index (χ1n) is 8.18. The molecule has 0 radical (unpaired) electrons. The van der Waals surface area contributed by atoms with E-state index in [4.69, 9.17) is 4.74 Å². The Labute approximate surface area is 169 Å². The molecule has 1 amide bonds. The summed E-state index contributed by atoms with van der Waals surface area (Å²) in [6.45, 7) is 1.81. The van der Waals surface area contributed by atoms with Crippen molar-refractivity contribution in [3.63, 3.8) is 0 Å². The Bertz CT molecular complexity index is 958. The fraction of sp³-hybridized carbons (Fsp3) is 0.167. The van der Waals surface area contributed by atoms with Crippen molar-refractivity contribution in [1.82, 2.24) is 10.2 Å². The summed E-state index contributed by atoms with van der Waals surface area (Å²) in [7, 11) is 0. The number of non-ortho nitro benzene ring substituents is 1. The van der Waals surface area contributed by atoms with Gasteiger partial charge in [0, 0.05) is 17.9 Å². The van der Waals surface area contributed by atoms with Crippen LogP contribution in [0.15, 0.2) is 52.9 Å². The average Bonchev–Trinajstić information content (AvgIpc) is 3.13. The van der Waals surface area contributed by atoms with Crippen LogP contribution in [0.2, 0.25) is 0 Å². The Balaban J connectivity index is 1.45. The smallest absolute Gasteiger partial charge is 0.269 e. The molecule has 0 aliphatic heterocycles. The van der Waals surface area contributed by atoms with E-state index in [9.17, 15) is 14.9 Å². The minimum absolute atomic E-state index is 0.0404. The van der Waals surface area contributed by atoms with Gasteiger partial charge in [-0.1, -0.05) is 52.9 Å². The van der Waals surface area contributed by atoms with Crippen LogP contribution >= 0.6 is 23.1 Å². The number of hydrogen-bond donors (Lipinski definition) is 1. The fourth-order valence-corrected chi connectivity index (χ4v) is 3.84. The Morgan fingerprint density at radius 2 is 1.89 bits per heavy atom. The number of anilines is 1. The minimum atomic E-state index is -0.500. The number of nitro groups is 1. The van der Waals surface area contributed by atoms with Crippen molar-refractivity contribution in [3.05, 3.63) is 69.8 Å². The number of nitrogens with one attached hydrogen (secondary N) is 1. The molecule has 0 aliphatic rings. The van der Waals surface area contributed by atoms with Gasteiger partial charge in [0.25, 0.3) is 11.6 Å². The molecule has 144 valence electrons. The third kappa shape index (κ3) is 5.76. The molecular formula is C18H16N4O4S2. The number of carbonyl (C=O) groups excluding carboxylic acids is 1. The van der Waals surface area contributed by atoms with E-state index in [1.54, 1.807) is 11.8 Å². The summed E-state index contributed by atoms with van der Waals surface area (Å²) in [4.78, 5) is 22.1. The molecule has 8 nitrogen and oxygen atoms in total. The number of nitrogens with zero attached hydrogens (tertiary/aromatic N) is 3. The summed E-state index contributed by atoms with van der Waals surface area (Å²) in [5, 5.41) is 21.6. The molecule has 0 aliphatic carbocycles. The number of nitro benzene ring substituents is 1. The predicted octanol–water partition coefficient (Wildman–Crippen LogP) is 4.06. The molecule has 0 saturated carbocycles. The van der Waals surface area contributed by atoms with E-state index in [1.165, 1.54) is 46.7 Å². The second-order valence-corrected chi connectivity index (χ2v) is 7.94. The number of carbonyl (C=O) groups is 1. The number of rotatable bonds is 8. The largest absolute Gasteiger partial charge is 0.484 e. The van der Waals surface area contributed by atoms with Gasteiger partial charge in [-0.2, -0.15) is 0 Å². The van der Waals surface area contributed by atoms with Gasteiger partial charge in [-0.3, -0.25) is 20.2 Å². The first kappa shape index (κ1) is 19.8. The quantitative estimate of drug-likeness (QED) is 0.255. The molecule has 3 rings (SSSR count). The van der Waals surface area contributed by atoms with Crippen LogP contribution in [0, 0.1) is 17.0 Å². The number of hydrogen-bond acceptors (Lipinski definition) is 8. The van der Waals surface area contributed by atoms with Gasteiger partial charge < -0.3 is 4.74 Å². The van der Waals surface area contributed by atoms with E-state index < -0.39 is 4.92 Å². The van der Waals surface area contributed by atoms with Crippen LogP contribution in [0.1, 0.15) is 11.1 Å². The summed E-state index contributed by atoms with van der Waals surface area (Å²) < 4.78 is 6.07. The zero-order chi connectivity index (χ0) is 19.9. The van der Waals surface area contributed by atoms with E-state index in [1.807, 2.05) is 6.92 Å². The second-order valence-electron chi connectivity index (χ2n) is 5.74. The predicted molar refractivity (Wildman–Crippen MR) is 108 cm³/mol. The third-order valence-electron chi connectivity index (χ3n) is 3.55. The van der Waals surface area contributed by atoms with Gasteiger partial charge in [0.15, 0.2) is 10.9 Å². The van der Waals surface area contributed by atoms with Crippen molar-refractivity contribution in [2.45, 2.75) is 17.0 Å². The normalized spacial score (nSPS) is 10.5.